The van der Waals surface area contributed by atoms with E-state index < -0.39 is 23.3 Å². The first-order valence-corrected chi connectivity index (χ1v) is 9.96. The second kappa shape index (κ2) is 8.38. The van der Waals surface area contributed by atoms with Crippen LogP contribution in [0.2, 0.25) is 0 Å². The molecular weight excluding hydrogens is 463 g/mol. The van der Waals surface area contributed by atoms with Gasteiger partial charge in [0.25, 0.3) is 5.91 Å². The molecule has 4 aromatic heterocycles. The Hall–Kier alpha value is -5.05. The van der Waals surface area contributed by atoms with Gasteiger partial charge < -0.3 is 9.73 Å². The van der Waals surface area contributed by atoms with Gasteiger partial charge in [0, 0.05) is 17.0 Å². The standard InChI is InChI=1S/C23H12F3N7O2/c24-23(25,26)20-17(11-31-33(20)18-12-28-9-13-3-1-2-4-16(13)18)21(34)32-15-7-14(8-27)19(30-10-15)22-29-5-6-35-22/h1-7,9-12H,(H,32,34). The number of carbonyl (C=O) groups excluding carboxylic acids is 1. The summed E-state index contributed by atoms with van der Waals surface area (Å²) in [6, 6.07) is 9.91. The fourth-order valence-electron chi connectivity index (χ4n) is 3.57. The van der Waals surface area contributed by atoms with Crippen LogP contribution in [0.3, 0.4) is 0 Å². The predicted molar refractivity (Wildman–Crippen MR) is 116 cm³/mol. The van der Waals surface area contributed by atoms with Gasteiger partial charge in [0.05, 0.1) is 47.3 Å². The van der Waals surface area contributed by atoms with Crippen molar-refractivity contribution < 1.29 is 22.4 Å². The molecular formula is C23H12F3N7O2. The molecule has 0 saturated carbocycles. The normalized spacial score (nSPS) is 11.4. The van der Waals surface area contributed by atoms with Crippen LogP contribution < -0.4 is 5.32 Å². The summed E-state index contributed by atoms with van der Waals surface area (Å²) in [5.41, 5.74) is -1.76. The third-order valence-corrected chi connectivity index (χ3v) is 5.06. The molecule has 4 heterocycles. The maximum atomic E-state index is 14.1. The summed E-state index contributed by atoms with van der Waals surface area (Å²) in [7, 11) is 0. The highest BCUT2D eigenvalue weighted by Crippen LogP contribution is 2.35. The lowest BCUT2D eigenvalue weighted by molar-refractivity contribution is -0.143. The average molecular weight is 475 g/mol. The Balaban J connectivity index is 1.54. The molecule has 0 aliphatic rings. The molecule has 0 spiro atoms. The molecule has 35 heavy (non-hydrogen) atoms. The van der Waals surface area contributed by atoms with Crippen molar-refractivity contribution in [3.8, 4) is 23.3 Å². The van der Waals surface area contributed by atoms with E-state index in [1.165, 1.54) is 37.1 Å². The number of aromatic nitrogens is 5. The number of pyridine rings is 2. The number of fused-ring (bicyclic) bond motifs is 1. The molecule has 9 nitrogen and oxygen atoms in total. The number of hydrogen-bond acceptors (Lipinski definition) is 7. The number of hydrogen-bond donors (Lipinski definition) is 1. The van der Waals surface area contributed by atoms with Crippen LogP contribution in [0.25, 0.3) is 28.0 Å². The first kappa shape index (κ1) is 21.8. The van der Waals surface area contributed by atoms with Crippen LogP contribution in [0.15, 0.2) is 72.0 Å². The number of alkyl halides is 3. The number of carbonyl (C=O) groups is 1. The smallest absolute Gasteiger partial charge is 0.434 e. The highest BCUT2D eigenvalue weighted by molar-refractivity contribution is 6.05. The summed E-state index contributed by atoms with van der Waals surface area (Å²) in [6.45, 7) is 0. The monoisotopic (exact) mass is 475 g/mol. The average Bonchev–Trinajstić information content (AvgIpc) is 3.54. The molecule has 1 N–H and O–H groups in total. The van der Waals surface area contributed by atoms with Crippen LogP contribution in [0.4, 0.5) is 18.9 Å². The summed E-state index contributed by atoms with van der Waals surface area (Å²) in [5, 5.41) is 16.7. The van der Waals surface area contributed by atoms with Gasteiger partial charge in [0.15, 0.2) is 5.69 Å². The SMILES string of the molecule is N#Cc1cc(NC(=O)c2cnn(-c3cncc4ccccc34)c2C(F)(F)F)cnc1-c1ncco1. The van der Waals surface area contributed by atoms with Gasteiger partial charge in [0.1, 0.15) is 18.0 Å². The number of amides is 1. The largest absolute Gasteiger partial charge is 0.443 e. The van der Waals surface area contributed by atoms with E-state index in [-0.39, 0.29) is 28.5 Å². The molecule has 0 radical (unpaired) electrons. The number of halogens is 3. The van der Waals surface area contributed by atoms with Crippen LogP contribution in [-0.2, 0) is 6.18 Å². The minimum atomic E-state index is -4.91. The quantitative estimate of drug-likeness (QED) is 0.403. The Kier molecular flexibility index (Phi) is 5.21. The van der Waals surface area contributed by atoms with Crippen molar-refractivity contribution in [2.45, 2.75) is 6.18 Å². The summed E-state index contributed by atoms with van der Waals surface area (Å²) in [5.74, 6) is -0.991. The topological polar surface area (TPSA) is 123 Å². The molecule has 12 heteroatoms. The Bertz CT molecular complexity index is 1600. The third kappa shape index (κ3) is 3.95. The van der Waals surface area contributed by atoms with E-state index in [2.05, 4.69) is 25.4 Å². The maximum absolute atomic E-state index is 14.1. The summed E-state index contributed by atoms with van der Waals surface area (Å²) < 4.78 is 48.1. The molecule has 0 bridgehead atoms. The Morgan fingerprint density at radius 1 is 1.11 bits per heavy atom. The van der Waals surface area contributed by atoms with Crippen LogP contribution >= 0.6 is 0 Å². The molecule has 0 unspecified atom stereocenters. The minimum Gasteiger partial charge on any atom is -0.443 e. The van der Waals surface area contributed by atoms with Crippen molar-refractivity contribution in [1.82, 2.24) is 24.7 Å². The molecule has 1 aromatic carbocycles. The lowest BCUT2D eigenvalue weighted by Crippen LogP contribution is -2.21. The Morgan fingerprint density at radius 2 is 1.94 bits per heavy atom. The Morgan fingerprint density at radius 3 is 2.69 bits per heavy atom. The van der Waals surface area contributed by atoms with E-state index in [1.807, 2.05) is 6.07 Å². The molecule has 5 rings (SSSR count). The predicted octanol–water partition coefficient (Wildman–Crippen LogP) is 4.61. The van der Waals surface area contributed by atoms with Gasteiger partial charge in [-0.25, -0.2) is 14.6 Å². The lowest BCUT2D eigenvalue weighted by atomic mass is 10.1. The van der Waals surface area contributed by atoms with E-state index in [9.17, 15) is 23.2 Å². The van der Waals surface area contributed by atoms with Gasteiger partial charge in [-0.1, -0.05) is 24.3 Å². The molecule has 0 atom stereocenters. The Labute approximate surface area is 194 Å². The maximum Gasteiger partial charge on any atom is 0.434 e. The van der Waals surface area contributed by atoms with E-state index in [4.69, 9.17) is 4.42 Å². The fraction of sp³-hybridized carbons (Fsp3) is 0.0435. The fourth-order valence-corrected chi connectivity index (χ4v) is 3.57. The van der Waals surface area contributed by atoms with E-state index in [0.717, 1.165) is 6.20 Å². The van der Waals surface area contributed by atoms with E-state index in [1.54, 1.807) is 24.3 Å². The summed E-state index contributed by atoms with van der Waals surface area (Å²) in [4.78, 5) is 24.9. The molecule has 0 aliphatic carbocycles. The van der Waals surface area contributed by atoms with Crippen molar-refractivity contribution in [2.75, 3.05) is 5.32 Å². The van der Waals surface area contributed by atoms with E-state index >= 15 is 0 Å². The van der Waals surface area contributed by atoms with Crippen LogP contribution in [0, 0.1) is 11.3 Å². The number of anilines is 1. The molecule has 5 aromatic rings. The third-order valence-electron chi connectivity index (χ3n) is 5.06. The number of rotatable bonds is 4. The van der Waals surface area contributed by atoms with Crippen molar-refractivity contribution in [1.29, 1.82) is 5.26 Å². The van der Waals surface area contributed by atoms with Crippen LogP contribution in [0.1, 0.15) is 21.6 Å². The summed E-state index contributed by atoms with van der Waals surface area (Å²) >= 11 is 0. The number of nitrogens with one attached hydrogen (secondary N) is 1. The van der Waals surface area contributed by atoms with Crippen molar-refractivity contribution in [2.24, 2.45) is 0 Å². The molecule has 1 amide bonds. The molecule has 0 aliphatic heterocycles. The zero-order chi connectivity index (χ0) is 24.6. The number of oxazole rings is 1. The highest BCUT2D eigenvalue weighted by Gasteiger charge is 2.41. The zero-order valence-corrected chi connectivity index (χ0v) is 17.5. The number of nitrogens with zero attached hydrogens (tertiary/aromatic N) is 6. The number of benzene rings is 1. The van der Waals surface area contributed by atoms with Gasteiger partial charge >= 0.3 is 6.18 Å². The first-order chi connectivity index (χ1) is 16.9. The molecule has 0 fully saturated rings. The second-order valence-electron chi connectivity index (χ2n) is 7.22. The van der Waals surface area contributed by atoms with Crippen molar-refractivity contribution in [3.05, 3.63) is 84.4 Å². The summed E-state index contributed by atoms with van der Waals surface area (Å²) in [6.07, 6.45) is 2.54. The van der Waals surface area contributed by atoms with Gasteiger partial charge in [-0.15, -0.1) is 0 Å². The second-order valence-corrected chi connectivity index (χ2v) is 7.22. The first-order valence-electron chi connectivity index (χ1n) is 9.96. The van der Waals surface area contributed by atoms with Gasteiger partial charge in [-0.05, 0) is 6.07 Å². The number of nitriles is 1. The van der Waals surface area contributed by atoms with Gasteiger partial charge in [-0.2, -0.15) is 23.5 Å². The van der Waals surface area contributed by atoms with Gasteiger partial charge in [-0.3, -0.25) is 9.78 Å². The molecule has 172 valence electrons. The molecule has 0 saturated heterocycles. The lowest BCUT2D eigenvalue weighted by Gasteiger charge is -2.14. The van der Waals surface area contributed by atoms with E-state index in [0.29, 0.717) is 15.5 Å². The highest BCUT2D eigenvalue weighted by atomic mass is 19.4. The van der Waals surface area contributed by atoms with Gasteiger partial charge in [0.2, 0.25) is 5.89 Å². The zero-order valence-electron chi connectivity index (χ0n) is 17.5. The van der Waals surface area contributed by atoms with Crippen LogP contribution in [0.5, 0.6) is 0 Å². The van der Waals surface area contributed by atoms with Crippen molar-refractivity contribution >= 4 is 22.4 Å². The van der Waals surface area contributed by atoms with Crippen molar-refractivity contribution in [3.63, 3.8) is 0 Å². The van der Waals surface area contributed by atoms with Crippen LogP contribution in [-0.4, -0.2) is 30.6 Å². The minimum absolute atomic E-state index is 0.00885.